The second-order valence-corrected chi connectivity index (χ2v) is 8.86. The molecule has 0 saturated carbocycles. The zero-order chi connectivity index (χ0) is 15.2. The molecule has 2 aliphatic rings. The Bertz CT molecular complexity index is 442. The first-order valence-electron chi connectivity index (χ1n) is 8.73. The molecule has 0 heterocycles. The van der Waals surface area contributed by atoms with Crippen LogP contribution in [0.5, 0.6) is 0 Å². The first-order chi connectivity index (χ1) is 10.2. The third-order valence-electron chi connectivity index (χ3n) is 4.74. The van der Waals surface area contributed by atoms with Crippen molar-refractivity contribution in [2.45, 2.75) is 66.2 Å². The Morgan fingerprint density at radius 3 is 1.57 bits per heavy atom. The van der Waals surface area contributed by atoms with Gasteiger partial charge in [-0.3, -0.25) is 0 Å². The summed E-state index contributed by atoms with van der Waals surface area (Å²) in [5, 5.41) is 0. The Kier molecular flexibility index (Phi) is 11.9. The molecule has 0 saturated heterocycles. The fourth-order valence-electron chi connectivity index (χ4n) is 3.57. The zero-order valence-electron chi connectivity index (χ0n) is 15.0. The van der Waals surface area contributed by atoms with E-state index in [-0.39, 0.29) is 44.0 Å². The van der Waals surface area contributed by atoms with E-state index in [4.69, 9.17) is 0 Å². The molecule has 0 bridgehead atoms. The van der Waals surface area contributed by atoms with Gasteiger partial charge < -0.3 is 24.8 Å². The summed E-state index contributed by atoms with van der Waals surface area (Å²) in [7, 11) is 0. The van der Waals surface area contributed by atoms with Crippen LogP contribution in [0.1, 0.15) is 66.2 Å². The van der Waals surface area contributed by atoms with Crippen LogP contribution >= 0.6 is 0 Å². The summed E-state index contributed by atoms with van der Waals surface area (Å²) in [6.45, 7) is 9.45. The minimum atomic E-state index is -0.0729. The average molecular weight is 389 g/mol. The first kappa shape index (κ1) is 23.3. The van der Waals surface area contributed by atoms with Crippen molar-refractivity contribution in [2.75, 3.05) is 0 Å². The fourth-order valence-corrected chi connectivity index (χ4v) is 6.31. The van der Waals surface area contributed by atoms with Crippen LogP contribution in [0.3, 0.4) is 0 Å². The predicted octanol–water partition coefficient (Wildman–Crippen LogP) is 0.377. The molecule has 0 amide bonds. The van der Waals surface area contributed by atoms with Crippen molar-refractivity contribution in [3.8, 4) is 0 Å². The molecule has 0 fully saturated rings. The van der Waals surface area contributed by atoms with Crippen LogP contribution in [0.2, 0.25) is 0 Å². The number of hydrogen-bond acceptors (Lipinski definition) is 0. The van der Waals surface area contributed by atoms with E-state index >= 15 is 0 Å². The smallest absolute Gasteiger partial charge is 1.00 e. The standard InChI is InChI=1S/2C10H15.2ClH.Ti/c2*1-3-6-9(2)10-7-4-5-8-10;;;/h2*4,7,9H,3,5-6H2,1-2H3;2*1H;/q;;;;+2/p-2. The second-order valence-electron chi connectivity index (χ2n) is 6.59. The van der Waals surface area contributed by atoms with Crippen LogP contribution in [0.25, 0.3) is 0 Å². The van der Waals surface area contributed by atoms with Gasteiger partial charge in [0, 0.05) is 0 Å². The molecule has 0 aromatic carbocycles. The van der Waals surface area contributed by atoms with Crippen molar-refractivity contribution in [3.63, 3.8) is 0 Å². The topological polar surface area (TPSA) is 0 Å². The number of allylic oxidation sites excluding steroid dienone is 8. The fraction of sp³-hybridized carbons (Fsp3) is 0.600. The number of hydrogen-bond donors (Lipinski definition) is 0. The van der Waals surface area contributed by atoms with Crippen LogP contribution in [-0.2, 0) is 19.2 Å². The summed E-state index contributed by atoms with van der Waals surface area (Å²) < 4.78 is 3.63. The molecule has 2 unspecified atom stereocenters. The van der Waals surface area contributed by atoms with Gasteiger partial charge in [-0.05, 0) is 0 Å². The van der Waals surface area contributed by atoms with E-state index in [1.165, 1.54) is 38.5 Å². The van der Waals surface area contributed by atoms with Crippen LogP contribution < -0.4 is 24.8 Å². The van der Waals surface area contributed by atoms with Gasteiger partial charge >= 0.3 is 140 Å². The summed E-state index contributed by atoms with van der Waals surface area (Å²) in [4.78, 5) is 0. The summed E-state index contributed by atoms with van der Waals surface area (Å²) in [5.41, 5.74) is 3.39. The normalized spacial score (nSPS) is 18.6. The maximum absolute atomic E-state index is 2.43. The van der Waals surface area contributed by atoms with Gasteiger partial charge in [-0.25, -0.2) is 0 Å². The van der Waals surface area contributed by atoms with Gasteiger partial charge in [0.25, 0.3) is 0 Å². The molecule has 2 rings (SSSR count). The molecule has 0 radical (unpaired) electrons. The van der Waals surface area contributed by atoms with E-state index in [1.54, 1.807) is 11.1 Å². The van der Waals surface area contributed by atoms with Crippen molar-refractivity contribution in [3.05, 3.63) is 43.2 Å². The molecule has 2 atom stereocenters. The second kappa shape index (κ2) is 11.7. The monoisotopic (exact) mass is 388 g/mol. The molecule has 0 aromatic heterocycles. The van der Waals surface area contributed by atoms with Gasteiger partial charge in [0.2, 0.25) is 0 Å². The molecular formula is C20H30Cl2Ti. The van der Waals surface area contributed by atoms with Gasteiger partial charge in [0.1, 0.15) is 0 Å². The van der Waals surface area contributed by atoms with Crippen molar-refractivity contribution in [2.24, 2.45) is 11.8 Å². The Balaban J connectivity index is 0.00000242. The van der Waals surface area contributed by atoms with Crippen LogP contribution in [0.4, 0.5) is 0 Å². The summed E-state index contributed by atoms with van der Waals surface area (Å²) in [6.07, 6.45) is 17.4. The molecular weight excluding hydrogens is 359 g/mol. The van der Waals surface area contributed by atoms with Crippen molar-refractivity contribution < 1.29 is 44.0 Å². The third-order valence-corrected chi connectivity index (χ3v) is 7.22. The maximum atomic E-state index is 2.43. The van der Waals surface area contributed by atoms with E-state index in [0.717, 1.165) is 11.8 Å². The minimum absolute atomic E-state index is 0. The molecule has 0 nitrogen and oxygen atoms in total. The molecule has 0 aliphatic heterocycles. The molecule has 2 aliphatic carbocycles. The molecule has 128 valence electrons. The van der Waals surface area contributed by atoms with E-state index in [9.17, 15) is 0 Å². The Hall–Kier alpha value is 0.254. The van der Waals surface area contributed by atoms with Crippen molar-refractivity contribution in [1.29, 1.82) is 0 Å². The molecule has 23 heavy (non-hydrogen) atoms. The van der Waals surface area contributed by atoms with Gasteiger partial charge in [-0.15, -0.1) is 0 Å². The van der Waals surface area contributed by atoms with E-state index in [2.05, 4.69) is 52.0 Å². The minimum Gasteiger partial charge on any atom is -1.00 e. The summed E-state index contributed by atoms with van der Waals surface area (Å²) >= 11 is -0.0729. The molecule has 0 aromatic rings. The summed E-state index contributed by atoms with van der Waals surface area (Å²) in [6, 6.07) is 0. The number of halogens is 2. The zero-order valence-corrected chi connectivity index (χ0v) is 18.0. The quantitative estimate of drug-likeness (QED) is 0.527. The van der Waals surface area contributed by atoms with Gasteiger partial charge in [-0.2, -0.15) is 0 Å². The number of rotatable bonds is 8. The molecule has 0 N–H and O–H groups in total. The third kappa shape index (κ3) is 6.24. The van der Waals surface area contributed by atoms with Crippen molar-refractivity contribution >= 4 is 0 Å². The predicted molar refractivity (Wildman–Crippen MR) is 89.7 cm³/mol. The average Bonchev–Trinajstić information content (AvgIpc) is 3.09. The Morgan fingerprint density at radius 1 is 0.826 bits per heavy atom. The SMILES string of the molecule is CCCC(C)C1=[C]([Ti+2][C]2=C(C(C)CCC)C=CC2)CC=C1.[Cl-].[Cl-]. The van der Waals surface area contributed by atoms with Crippen LogP contribution in [-0.4, -0.2) is 0 Å². The van der Waals surface area contributed by atoms with Gasteiger partial charge in [0.05, 0.1) is 0 Å². The van der Waals surface area contributed by atoms with E-state index < -0.39 is 0 Å². The summed E-state index contributed by atoms with van der Waals surface area (Å²) in [5.74, 6) is 1.53. The van der Waals surface area contributed by atoms with Crippen molar-refractivity contribution in [1.82, 2.24) is 0 Å². The van der Waals surface area contributed by atoms with Crippen LogP contribution in [0, 0.1) is 11.8 Å². The Labute approximate surface area is 164 Å². The first-order valence-corrected chi connectivity index (χ1v) is 10.3. The molecule has 3 heteroatoms. The van der Waals surface area contributed by atoms with Gasteiger partial charge in [0.15, 0.2) is 0 Å². The Morgan fingerprint density at radius 2 is 1.22 bits per heavy atom. The van der Waals surface area contributed by atoms with Crippen LogP contribution in [0.15, 0.2) is 43.2 Å². The van der Waals surface area contributed by atoms with E-state index in [0.29, 0.717) is 0 Å². The largest absolute Gasteiger partial charge is 1.00 e. The molecule has 0 spiro atoms. The van der Waals surface area contributed by atoms with Gasteiger partial charge in [-0.1, -0.05) is 0 Å². The maximum Gasteiger partial charge on any atom is -1.00 e. The van der Waals surface area contributed by atoms with E-state index in [1.807, 2.05) is 7.76 Å².